The summed E-state index contributed by atoms with van der Waals surface area (Å²) in [5.41, 5.74) is 0.459. The van der Waals surface area contributed by atoms with E-state index in [1.165, 1.54) is 35.7 Å². The number of nitrogens with one attached hydrogen (secondary N) is 1. The number of carbonyl (C=O) groups is 1. The number of anilines is 1. The third-order valence-electron chi connectivity index (χ3n) is 3.81. The van der Waals surface area contributed by atoms with Crippen LogP contribution in [0.25, 0.3) is 0 Å². The van der Waals surface area contributed by atoms with Gasteiger partial charge in [0.05, 0.1) is 30.4 Å². The van der Waals surface area contributed by atoms with Gasteiger partial charge in [0.1, 0.15) is 0 Å². The summed E-state index contributed by atoms with van der Waals surface area (Å²) < 4.78 is 31.3. The molecular weight excluding hydrogens is 334 g/mol. The van der Waals surface area contributed by atoms with E-state index in [2.05, 4.69) is 20.3 Å². The maximum absolute atomic E-state index is 12.7. The number of amides is 1. The van der Waals surface area contributed by atoms with Crippen molar-refractivity contribution in [3.05, 3.63) is 36.7 Å². The molecule has 128 valence electrons. The predicted molar refractivity (Wildman–Crippen MR) is 84.9 cm³/mol. The first-order chi connectivity index (χ1) is 11.5. The number of benzene rings is 1. The molecule has 1 unspecified atom stereocenters. The van der Waals surface area contributed by atoms with Gasteiger partial charge in [0.2, 0.25) is 10.0 Å². The fraction of sp³-hybridized carbons (Fsp3) is 0.357. The molecule has 1 N–H and O–H groups in total. The molecule has 0 aliphatic carbocycles. The first-order valence-corrected chi connectivity index (χ1v) is 8.75. The first-order valence-electron chi connectivity index (χ1n) is 7.31. The molecule has 1 aromatic heterocycles. The van der Waals surface area contributed by atoms with E-state index in [0.29, 0.717) is 25.2 Å². The fourth-order valence-electron chi connectivity index (χ4n) is 2.56. The molecule has 1 aromatic carbocycles. The third kappa shape index (κ3) is 3.24. The number of sulfonamides is 1. The van der Waals surface area contributed by atoms with Crippen LogP contribution in [0.1, 0.15) is 12.5 Å². The maximum atomic E-state index is 12.7. The number of carbonyl (C=O) groups excluding carboxylic acids is 1. The van der Waals surface area contributed by atoms with Crippen molar-refractivity contribution in [3.63, 3.8) is 0 Å². The monoisotopic (exact) mass is 351 g/mol. The minimum Gasteiger partial charge on any atom is -0.453 e. The number of nitrogens with zero attached hydrogens (tertiary/aromatic N) is 4. The zero-order valence-electron chi connectivity index (χ0n) is 13.0. The van der Waals surface area contributed by atoms with Crippen LogP contribution in [0.5, 0.6) is 0 Å². The van der Waals surface area contributed by atoms with E-state index >= 15 is 0 Å². The van der Waals surface area contributed by atoms with Crippen LogP contribution in [0.4, 0.5) is 10.5 Å². The Morgan fingerprint density at radius 1 is 1.25 bits per heavy atom. The molecule has 9 nitrogen and oxygen atoms in total. The highest BCUT2D eigenvalue weighted by atomic mass is 32.2. The van der Waals surface area contributed by atoms with Crippen LogP contribution < -0.4 is 5.32 Å². The molecular formula is C14H17N5O4S. The van der Waals surface area contributed by atoms with Crippen molar-refractivity contribution in [2.24, 2.45) is 0 Å². The first kappa shape index (κ1) is 16.4. The molecule has 1 aliphatic heterocycles. The highest BCUT2D eigenvalue weighted by molar-refractivity contribution is 7.89. The Kier molecular flexibility index (Phi) is 4.49. The summed E-state index contributed by atoms with van der Waals surface area (Å²) >= 11 is 0. The Balaban J connectivity index is 1.72. The molecule has 2 heterocycles. The smallest absolute Gasteiger partial charge is 0.411 e. The number of aromatic nitrogens is 3. The van der Waals surface area contributed by atoms with Crippen LogP contribution >= 0.6 is 0 Å². The highest BCUT2D eigenvalue weighted by Crippen LogP contribution is 2.27. The summed E-state index contributed by atoms with van der Waals surface area (Å²) in [5, 5.41) is 10.6. The molecule has 1 atom stereocenters. The minimum atomic E-state index is -3.59. The van der Waals surface area contributed by atoms with Gasteiger partial charge in [-0.05, 0) is 30.7 Å². The lowest BCUT2D eigenvalue weighted by Crippen LogP contribution is -2.29. The standard InChI is InChI=1S/C14H17N5O4S/c1-23-14(20)17-11-2-4-13(5-3-11)24(21,22)18-9-6-12(10-18)19-15-7-8-16-19/h2-5,7-8,12H,6,9-10H2,1H3,(H,17,20). The molecule has 1 aliphatic rings. The molecule has 0 spiro atoms. The van der Waals surface area contributed by atoms with Gasteiger partial charge in [0, 0.05) is 18.8 Å². The van der Waals surface area contributed by atoms with Crippen LogP contribution in [0.15, 0.2) is 41.6 Å². The van der Waals surface area contributed by atoms with Crippen LogP contribution in [0.2, 0.25) is 0 Å². The van der Waals surface area contributed by atoms with E-state index in [9.17, 15) is 13.2 Å². The van der Waals surface area contributed by atoms with Crippen molar-refractivity contribution in [2.75, 3.05) is 25.5 Å². The van der Waals surface area contributed by atoms with E-state index in [0.717, 1.165) is 0 Å². The second-order valence-electron chi connectivity index (χ2n) is 5.30. The van der Waals surface area contributed by atoms with Crippen LogP contribution in [0.3, 0.4) is 0 Å². The number of ether oxygens (including phenoxy) is 1. The van der Waals surface area contributed by atoms with Crippen LogP contribution in [-0.4, -0.2) is 54.0 Å². The van der Waals surface area contributed by atoms with Gasteiger partial charge in [-0.1, -0.05) is 0 Å². The minimum absolute atomic E-state index is 0.0601. The largest absolute Gasteiger partial charge is 0.453 e. The predicted octanol–water partition coefficient (Wildman–Crippen LogP) is 1.09. The topological polar surface area (TPSA) is 106 Å². The van der Waals surface area contributed by atoms with E-state index in [-0.39, 0.29) is 10.9 Å². The Morgan fingerprint density at radius 2 is 1.92 bits per heavy atom. The highest BCUT2D eigenvalue weighted by Gasteiger charge is 2.34. The van der Waals surface area contributed by atoms with E-state index in [4.69, 9.17) is 0 Å². The molecule has 10 heteroatoms. The van der Waals surface area contributed by atoms with E-state index in [1.807, 2.05) is 0 Å². The normalized spacial score (nSPS) is 18.5. The number of rotatable bonds is 4. The molecule has 0 saturated carbocycles. The van der Waals surface area contributed by atoms with Crippen molar-refractivity contribution in [1.82, 2.24) is 19.3 Å². The summed E-state index contributed by atoms with van der Waals surface area (Å²) in [4.78, 5) is 12.9. The van der Waals surface area contributed by atoms with Crippen molar-refractivity contribution < 1.29 is 17.9 Å². The van der Waals surface area contributed by atoms with Gasteiger partial charge in [-0.3, -0.25) is 5.32 Å². The lowest BCUT2D eigenvalue weighted by Gasteiger charge is -2.16. The number of hydrogen-bond donors (Lipinski definition) is 1. The van der Waals surface area contributed by atoms with Crippen LogP contribution in [-0.2, 0) is 14.8 Å². The van der Waals surface area contributed by atoms with E-state index in [1.54, 1.807) is 17.2 Å². The van der Waals surface area contributed by atoms with Gasteiger partial charge in [-0.25, -0.2) is 13.2 Å². The van der Waals surface area contributed by atoms with Gasteiger partial charge in [0.15, 0.2) is 0 Å². The molecule has 1 amide bonds. The molecule has 1 saturated heterocycles. The Morgan fingerprint density at radius 3 is 2.54 bits per heavy atom. The molecule has 0 bridgehead atoms. The van der Waals surface area contributed by atoms with Gasteiger partial charge >= 0.3 is 6.09 Å². The SMILES string of the molecule is COC(=O)Nc1ccc(S(=O)(=O)N2CCC(n3nccn3)C2)cc1. The van der Waals surface area contributed by atoms with E-state index < -0.39 is 16.1 Å². The van der Waals surface area contributed by atoms with Crippen molar-refractivity contribution in [3.8, 4) is 0 Å². The summed E-state index contributed by atoms with van der Waals surface area (Å²) in [5.74, 6) is 0. The van der Waals surface area contributed by atoms with Crippen molar-refractivity contribution in [2.45, 2.75) is 17.4 Å². The molecule has 3 rings (SSSR count). The zero-order chi connectivity index (χ0) is 17.2. The lowest BCUT2D eigenvalue weighted by molar-refractivity contribution is 0.187. The fourth-order valence-corrected chi connectivity index (χ4v) is 4.05. The van der Waals surface area contributed by atoms with Gasteiger partial charge in [-0.15, -0.1) is 0 Å². The van der Waals surface area contributed by atoms with Crippen molar-refractivity contribution >= 4 is 21.8 Å². The summed E-state index contributed by atoms with van der Waals surface area (Å²) in [6, 6.07) is 5.90. The van der Waals surface area contributed by atoms with Gasteiger partial charge in [-0.2, -0.15) is 19.3 Å². The molecule has 1 fully saturated rings. The Bertz CT molecular complexity index is 804. The molecule has 24 heavy (non-hydrogen) atoms. The average molecular weight is 351 g/mol. The maximum Gasteiger partial charge on any atom is 0.411 e. The lowest BCUT2D eigenvalue weighted by atomic mass is 10.3. The summed E-state index contributed by atoms with van der Waals surface area (Å²) in [6.07, 6.45) is 3.20. The van der Waals surface area contributed by atoms with Gasteiger partial charge < -0.3 is 4.74 Å². The Labute approximate surface area is 139 Å². The molecule has 2 aromatic rings. The van der Waals surface area contributed by atoms with Crippen LogP contribution in [0, 0.1) is 0 Å². The third-order valence-corrected chi connectivity index (χ3v) is 5.69. The molecule has 0 radical (unpaired) electrons. The summed E-state index contributed by atoms with van der Waals surface area (Å²) in [7, 11) is -2.34. The Hall–Kier alpha value is -2.46. The zero-order valence-corrected chi connectivity index (χ0v) is 13.8. The second kappa shape index (κ2) is 6.57. The van der Waals surface area contributed by atoms with Gasteiger partial charge in [0.25, 0.3) is 0 Å². The number of hydrogen-bond acceptors (Lipinski definition) is 6. The second-order valence-corrected chi connectivity index (χ2v) is 7.23. The number of methoxy groups -OCH3 is 1. The average Bonchev–Trinajstić information content (AvgIpc) is 3.26. The quantitative estimate of drug-likeness (QED) is 0.884. The summed E-state index contributed by atoms with van der Waals surface area (Å²) in [6.45, 7) is 0.746. The van der Waals surface area contributed by atoms with Crippen molar-refractivity contribution in [1.29, 1.82) is 0 Å².